The normalized spacial score (nSPS) is 15.9. The molecule has 5 rings (SSSR count). The fraction of sp³-hybridized carbons (Fsp3) is 0.231. The van der Waals surface area contributed by atoms with Crippen molar-refractivity contribution in [3.05, 3.63) is 76.9 Å². The number of nitrogens with zero attached hydrogens (tertiary/aromatic N) is 2. The molecular formula is C26H26N6O4S. The second-order valence-corrected chi connectivity index (χ2v) is 9.49. The maximum atomic E-state index is 14.1. The molecule has 2 aromatic carbocycles. The Morgan fingerprint density at radius 3 is 2.62 bits per heavy atom. The number of H-pyrrole nitrogens is 1. The number of carbonyl (C=O) groups excluding carboxylic acids is 3. The third kappa shape index (κ3) is 4.78. The Hall–Kier alpha value is -4.22. The lowest BCUT2D eigenvalue weighted by Crippen LogP contribution is -2.45. The zero-order valence-electron chi connectivity index (χ0n) is 19.8. The van der Waals surface area contributed by atoms with E-state index < -0.39 is 17.9 Å². The molecule has 1 fully saturated rings. The van der Waals surface area contributed by atoms with Crippen LogP contribution in [-0.2, 0) is 9.53 Å². The molecule has 4 aromatic rings. The minimum Gasteiger partial charge on any atom is -0.395 e. The fourth-order valence-electron chi connectivity index (χ4n) is 4.54. The third-order valence-corrected chi connectivity index (χ3v) is 7.21. The summed E-state index contributed by atoms with van der Waals surface area (Å²) >= 11 is 0.773. The van der Waals surface area contributed by atoms with Crippen LogP contribution in [0, 0.1) is 0 Å². The number of fused-ring (bicyclic) bond motifs is 1. The molecule has 3 amide bonds. The highest BCUT2D eigenvalue weighted by Gasteiger charge is 2.37. The standard InChI is InChI=1S/C26H26N6O4S/c27-20-21(24(28)33)31-37-23(20)26(35)32(15-7-2-1-3-8-15)22(25(34)30-13-16-9-6-12-36-16)18-14-29-19-11-5-4-10-17(18)19/h1-5,7-8,10-11,14,16,22,29H,6,9,12-13,27H2,(H2,28,33)(H,30,34)/t16-,22-/m0/s1. The fourth-order valence-corrected chi connectivity index (χ4v) is 5.29. The highest BCUT2D eigenvalue weighted by molar-refractivity contribution is 7.09. The van der Waals surface area contributed by atoms with E-state index in [0.29, 0.717) is 24.4 Å². The molecule has 0 unspecified atom stereocenters. The van der Waals surface area contributed by atoms with E-state index in [1.165, 1.54) is 4.90 Å². The summed E-state index contributed by atoms with van der Waals surface area (Å²) in [5, 5.41) is 3.78. The summed E-state index contributed by atoms with van der Waals surface area (Å²) in [6.07, 6.45) is 3.44. The molecule has 0 bridgehead atoms. The molecule has 11 heteroatoms. The molecule has 37 heavy (non-hydrogen) atoms. The number of nitrogen functional groups attached to an aromatic ring is 1. The smallest absolute Gasteiger partial charge is 0.273 e. The summed E-state index contributed by atoms with van der Waals surface area (Å²) in [6.45, 7) is 0.983. The lowest BCUT2D eigenvalue weighted by Gasteiger charge is -2.31. The van der Waals surface area contributed by atoms with Gasteiger partial charge in [0.1, 0.15) is 10.9 Å². The molecule has 190 valence electrons. The number of nitrogens with one attached hydrogen (secondary N) is 2. The molecule has 1 saturated heterocycles. The van der Waals surface area contributed by atoms with E-state index in [0.717, 1.165) is 35.3 Å². The van der Waals surface area contributed by atoms with Crippen LogP contribution in [0.4, 0.5) is 11.4 Å². The Morgan fingerprint density at radius 1 is 1.16 bits per heavy atom. The van der Waals surface area contributed by atoms with E-state index >= 15 is 0 Å². The Bertz CT molecular complexity index is 1440. The second kappa shape index (κ2) is 10.4. The van der Waals surface area contributed by atoms with Gasteiger partial charge in [0, 0.05) is 41.5 Å². The van der Waals surface area contributed by atoms with E-state index in [-0.39, 0.29) is 28.3 Å². The zero-order valence-corrected chi connectivity index (χ0v) is 20.7. The van der Waals surface area contributed by atoms with E-state index in [9.17, 15) is 14.4 Å². The summed E-state index contributed by atoms with van der Waals surface area (Å²) < 4.78 is 9.67. The van der Waals surface area contributed by atoms with Gasteiger partial charge in [-0.2, -0.15) is 4.37 Å². The molecule has 1 aliphatic heterocycles. The number of nitrogens with two attached hydrogens (primary N) is 2. The number of para-hydroxylation sites is 2. The zero-order chi connectivity index (χ0) is 25.9. The number of hydrogen-bond donors (Lipinski definition) is 4. The van der Waals surface area contributed by atoms with Crippen LogP contribution < -0.4 is 21.7 Å². The number of benzene rings is 2. The van der Waals surface area contributed by atoms with Crippen LogP contribution in [0.5, 0.6) is 0 Å². The topological polar surface area (TPSA) is 156 Å². The Morgan fingerprint density at radius 2 is 1.92 bits per heavy atom. The summed E-state index contributed by atoms with van der Waals surface area (Å²) in [7, 11) is 0. The van der Waals surface area contributed by atoms with Gasteiger partial charge < -0.3 is 26.5 Å². The predicted molar refractivity (Wildman–Crippen MR) is 141 cm³/mol. The van der Waals surface area contributed by atoms with Crippen LogP contribution in [0.25, 0.3) is 10.9 Å². The highest BCUT2D eigenvalue weighted by Crippen LogP contribution is 2.35. The average Bonchev–Trinajstić information content (AvgIpc) is 3.66. The van der Waals surface area contributed by atoms with E-state index in [1.54, 1.807) is 30.5 Å². The number of ether oxygens (including phenoxy) is 1. The van der Waals surface area contributed by atoms with Crippen molar-refractivity contribution in [1.29, 1.82) is 0 Å². The van der Waals surface area contributed by atoms with Gasteiger partial charge in [0.15, 0.2) is 5.69 Å². The number of rotatable bonds is 8. The molecule has 0 saturated carbocycles. The van der Waals surface area contributed by atoms with Crippen LogP contribution in [0.3, 0.4) is 0 Å². The van der Waals surface area contributed by atoms with Crippen LogP contribution in [0.15, 0.2) is 60.8 Å². The maximum absolute atomic E-state index is 14.1. The van der Waals surface area contributed by atoms with Gasteiger partial charge in [0.25, 0.3) is 11.8 Å². The summed E-state index contributed by atoms with van der Waals surface area (Å²) in [5.74, 6) is -1.78. The maximum Gasteiger partial charge on any atom is 0.273 e. The molecule has 1 aliphatic rings. The van der Waals surface area contributed by atoms with Gasteiger partial charge in [0.05, 0.1) is 11.8 Å². The molecule has 2 aromatic heterocycles. The van der Waals surface area contributed by atoms with Gasteiger partial charge in [-0.05, 0) is 42.6 Å². The molecule has 3 heterocycles. The Balaban J connectivity index is 1.63. The molecule has 2 atom stereocenters. The number of aromatic nitrogens is 2. The Kier molecular flexibility index (Phi) is 6.89. The minimum absolute atomic E-state index is 0.0226. The molecular weight excluding hydrogens is 492 g/mol. The molecule has 0 aliphatic carbocycles. The van der Waals surface area contributed by atoms with Crippen molar-refractivity contribution < 1.29 is 19.1 Å². The Labute approximate surface area is 216 Å². The van der Waals surface area contributed by atoms with Gasteiger partial charge in [-0.3, -0.25) is 19.3 Å². The van der Waals surface area contributed by atoms with E-state index in [1.807, 2.05) is 30.3 Å². The van der Waals surface area contributed by atoms with Crippen LogP contribution in [-0.4, -0.2) is 46.3 Å². The highest BCUT2D eigenvalue weighted by atomic mass is 32.1. The van der Waals surface area contributed by atoms with E-state index in [2.05, 4.69) is 14.7 Å². The molecule has 10 nitrogen and oxygen atoms in total. The van der Waals surface area contributed by atoms with Crippen LogP contribution >= 0.6 is 11.5 Å². The number of aromatic amines is 1. The van der Waals surface area contributed by atoms with Gasteiger partial charge in [-0.15, -0.1) is 0 Å². The first-order valence-corrected chi connectivity index (χ1v) is 12.6. The van der Waals surface area contributed by atoms with Crippen molar-refractivity contribution >= 4 is 51.5 Å². The first-order valence-electron chi connectivity index (χ1n) is 11.8. The van der Waals surface area contributed by atoms with Crippen molar-refractivity contribution in [3.63, 3.8) is 0 Å². The first-order chi connectivity index (χ1) is 18.0. The van der Waals surface area contributed by atoms with Gasteiger partial charge in [-0.1, -0.05) is 36.4 Å². The van der Waals surface area contributed by atoms with Crippen molar-refractivity contribution in [3.8, 4) is 0 Å². The number of hydrogen-bond acceptors (Lipinski definition) is 7. The largest absolute Gasteiger partial charge is 0.395 e. The van der Waals surface area contributed by atoms with Crippen molar-refractivity contribution in [2.24, 2.45) is 5.73 Å². The lowest BCUT2D eigenvalue weighted by molar-refractivity contribution is -0.123. The van der Waals surface area contributed by atoms with Crippen LogP contribution in [0.1, 0.15) is 44.6 Å². The summed E-state index contributed by atoms with van der Waals surface area (Å²) in [4.78, 5) is 44.4. The molecule has 6 N–H and O–H groups in total. The van der Waals surface area contributed by atoms with Crippen LogP contribution in [0.2, 0.25) is 0 Å². The van der Waals surface area contributed by atoms with Gasteiger partial charge >= 0.3 is 0 Å². The molecule has 0 radical (unpaired) electrons. The predicted octanol–water partition coefficient (Wildman–Crippen LogP) is 2.99. The number of primary amides is 1. The quantitative estimate of drug-likeness (QED) is 0.281. The van der Waals surface area contributed by atoms with E-state index in [4.69, 9.17) is 16.2 Å². The summed E-state index contributed by atoms with van der Waals surface area (Å²) in [5.41, 5.74) is 13.1. The van der Waals surface area contributed by atoms with Crippen molar-refractivity contribution in [1.82, 2.24) is 14.7 Å². The SMILES string of the molecule is NC(=O)c1nsc(C(=O)N(c2ccccc2)[C@H](C(=O)NC[C@@H]2CCCO2)c2c[nH]c3ccccc23)c1N. The molecule has 0 spiro atoms. The summed E-state index contributed by atoms with van der Waals surface area (Å²) in [6, 6.07) is 15.3. The average molecular weight is 519 g/mol. The van der Waals surface area contributed by atoms with Gasteiger partial charge in [-0.25, -0.2) is 0 Å². The lowest BCUT2D eigenvalue weighted by atomic mass is 10.0. The minimum atomic E-state index is -1.06. The van der Waals surface area contributed by atoms with Crippen molar-refractivity contribution in [2.45, 2.75) is 25.0 Å². The second-order valence-electron chi connectivity index (χ2n) is 8.72. The first kappa shape index (κ1) is 24.5. The number of carbonyl (C=O) groups is 3. The third-order valence-electron chi connectivity index (χ3n) is 6.36. The number of amides is 3. The monoisotopic (exact) mass is 518 g/mol. The van der Waals surface area contributed by atoms with Gasteiger partial charge in [0.2, 0.25) is 5.91 Å². The van der Waals surface area contributed by atoms with Crippen molar-refractivity contribution in [2.75, 3.05) is 23.8 Å². The number of anilines is 2.